The van der Waals surface area contributed by atoms with E-state index in [0.29, 0.717) is 6.04 Å². The van der Waals surface area contributed by atoms with Crippen molar-refractivity contribution in [1.82, 2.24) is 9.80 Å². The zero-order valence-corrected chi connectivity index (χ0v) is 20.9. The van der Waals surface area contributed by atoms with Gasteiger partial charge in [0.15, 0.2) is 0 Å². The highest BCUT2D eigenvalue weighted by Crippen LogP contribution is 2.29. The molecule has 0 saturated carbocycles. The number of ether oxygens (including phenoxy) is 1. The lowest BCUT2D eigenvalue weighted by atomic mass is 9.95. The summed E-state index contributed by atoms with van der Waals surface area (Å²) < 4.78 is 5.99. The second-order valence-electron chi connectivity index (χ2n) is 9.31. The van der Waals surface area contributed by atoms with Crippen LogP contribution in [0.1, 0.15) is 55.3 Å². The molecule has 0 aliphatic carbocycles. The minimum atomic E-state index is 0.441. The molecule has 1 fully saturated rings. The van der Waals surface area contributed by atoms with Crippen LogP contribution in [0.4, 0.5) is 5.69 Å². The quantitative estimate of drug-likeness (QED) is 0.439. The van der Waals surface area contributed by atoms with Crippen LogP contribution in [0, 0.1) is 18.3 Å². The fourth-order valence-electron chi connectivity index (χ4n) is 4.60. The van der Waals surface area contributed by atoms with Gasteiger partial charge in [-0.3, -0.25) is 9.80 Å². The van der Waals surface area contributed by atoms with Gasteiger partial charge in [0.1, 0.15) is 12.4 Å². The zero-order chi connectivity index (χ0) is 23.6. The molecule has 5 heteroatoms. The summed E-state index contributed by atoms with van der Waals surface area (Å²) in [7, 11) is 4.10. The Labute approximate surface area is 200 Å². The molecular weight excluding hydrogens is 408 g/mol. The first-order chi connectivity index (χ1) is 16.0. The van der Waals surface area contributed by atoms with Crippen molar-refractivity contribution in [3.63, 3.8) is 0 Å². The van der Waals surface area contributed by atoms with Gasteiger partial charge in [-0.25, -0.2) is 0 Å². The monoisotopic (exact) mass is 448 g/mol. The van der Waals surface area contributed by atoms with E-state index in [0.717, 1.165) is 56.2 Å². The third-order valence-electron chi connectivity index (χ3n) is 6.71. The van der Waals surface area contributed by atoms with Crippen molar-refractivity contribution in [1.29, 1.82) is 5.26 Å². The number of rotatable bonds is 11. The molecule has 1 atom stereocenters. The average Bonchev–Trinajstić information content (AvgIpc) is 2.83. The molecule has 0 amide bonds. The number of benzene rings is 2. The molecule has 2 aromatic carbocycles. The van der Waals surface area contributed by atoms with Crippen LogP contribution in [-0.2, 0) is 0 Å². The Balaban J connectivity index is 1.51. The fourth-order valence-corrected chi connectivity index (χ4v) is 4.60. The Morgan fingerprint density at radius 2 is 1.76 bits per heavy atom. The highest BCUT2D eigenvalue weighted by molar-refractivity contribution is 5.47. The average molecular weight is 449 g/mol. The van der Waals surface area contributed by atoms with Gasteiger partial charge in [0.05, 0.1) is 11.6 Å². The molecule has 0 aromatic heterocycles. The van der Waals surface area contributed by atoms with Gasteiger partial charge in [0, 0.05) is 58.5 Å². The number of aryl methyl sites for hydroxylation is 1. The van der Waals surface area contributed by atoms with E-state index < -0.39 is 0 Å². The van der Waals surface area contributed by atoms with E-state index in [1.165, 1.54) is 36.9 Å². The standard InChI is InChI=1S/C28H40N4O/c1-5-6-7-8-28(24-9-10-25(22-29)23(2)21-24)32-17-15-31(16-18-32)19-20-33-27-13-11-26(12-14-27)30(3)4/h9-14,21,28H,5-8,15-20H2,1-4H3. The third kappa shape index (κ3) is 7.22. The summed E-state index contributed by atoms with van der Waals surface area (Å²) in [6.45, 7) is 10.3. The lowest BCUT2D eigenvalue weighted by Gasteiger charge is -2.39. The van der Waals surface area contributed by atoms with Crippen molar-refractivity contribution < 1.29 is 4.74 Å². The van der Waals surface area contributed by atoms with Crippen LogP contribution in [0.2, 0.25) is 0 Å². The number of hydrogen-bond acceptors (Lipinski definition) is 5. The van der Waals surface area contributed by atoms with Crippen molar-refractivity contribution >= 4 is 5.69 Å². The van der Waals surface area contributed by atoms with E-state index in [1.54, 1.807) is 0 Å². The van der Waals surface area contributed by atoms with Crippen LogP contribution >= 0.6 is 0 Å². The van der Waals surface area contributed by atoms with E-state index in [4.69, 9.17) is 4.74 Å². The molecule has 2 aromatic rings. The zero-order valence-electron chi connectivity index (χ0n) is 20.9. The second kappa shape index (κ2) is 12.6. The molecule has 0 N–H and O–H groups in total. The van der Waals surface area contributed by atoms with Crippen LogP contribution in [0.25, 0.3) is 0 Å². The molecular formula is C28H40N4O. The Hall–Kier alpha value is -2.55. The van der Waals surface area contributed by atoms with Crippen molar-refractivity contribution in [2.45, 2.75) is 45.6 Å². The van der Waals surface area contributed by atoms with Gasteiger partial charge in [0.25, 0.3) is 0 Å². The molecule has 1 saturated heterocycles. The Kier molecular flexibility index (Phi) is 9.60. The molecule has 1 heterocycles. The summed E-state index contributed by atoms with van der Waals surface area (Å²) in [4.78, 5) is 7.25. The summed E-state index contributed by atoms with van der Waals surface area (Å²) in [5.74, 6) is 0.936. The van der Waals surface area contributed by atoms with Gasteiger partial charge in [-0.05, 0) is 54.8 Å². The minimum absolute atomic E-state index is 0.441. The summed E-state index contributed by atoms with van der Waals surface area (Å²) in [6, 6.07) is 17.4. The minimum Gasteiger partial charge on any atom is -0.492 e. The molecule has 33 heavy (non-hydrogen) atoms. The van der Waals surface area contributed by atoms with Crippen LogP contribution in [-0.4, -0.2) is 63.2 Å². The first-order valence-corrected chi connectivity index (χ1v) is 12.4. The highest BCUT2D eigenvalue weighted by Gasteiger charge is 2.25. The first kappa shape index (κ1) is 25.1. The topological polar surface area (TPSA) is 42.7 Å². The normalized spacial score (nSPS) is 15.7. The molecule has 5 nitrogen and oxygen atoms in total. The predicted octanol–water partition coefficient (Wildman–Crippen LogP) is 5.25. The second-order valence-corrected chi connectivity index (χ2v) is 9.31. The molecule has 1 aliphatic heterocycles. The maximum atomic E-state index is 9.30. The summed E-state index contributed by atoms with van der Waals surface area (Å²) in [5.41, 5.74) is 4.42. The van der Waals surface area contributed by atoms with Gasteiger partial charge >= 0.3 is 0 Å². The maximum absolute atomic E-state index is 9.30. The Morgan fingerprint density at radius 3 is 2.36 bits per heavy atom. The number of nitriles is 1. The molecule has 1 unspecified atom stereocenters. The van der Waals surface area contributed by atoms with Crippen LogP contribution in [0.3, 0.4) is 0 Å². The number of anilines is 1. The largest absolute Gasteiger partial charge is 0.492 e. The van der Waals surface area contributed by atoms with E-state index in [-0.39, 0.29) is 0 Å². The number of hydrogen-bond donors (Lipinski definition) is 0. The van der Waals surface area contributed by atoms with Gasteiger partial charge in [-0.15, -0.1) is 0 Å². The highest BCUT2D eigenvalue weighted by atomic mass is 16.5. The Morgan fingerprint density at radius 1 is 1.03 bits per heavy atom. The van der Waals surface area contributed by atoms with E-state index in [1.807, 2.05) is 32.3 Å². The number of piperazine rings is 1. The summed E-state index contributed by atoms with van der Waals surface area (Å²) in [5, 5.41) is 9.30. The smallest absolute Gasteiger partial charge is 0.119 e. The molecule has 3 rings (SSSR count). The van der Waals surface area contributed by atoms with E-state index >= 15 is 0 Å². The van der Waals surface area contributed by atoms with Crippen LogP contribution in [0.5, 0.6) is 5.75 Å². The molecule has 0 radical (unpaired) electrons. The Bertz CT molecular complexity index is 895. The van der Waals surface area contributed by atoms with Gasteiger partial charge < -0.3 is 9.64 Å². The first-order valence-electron chi connectivity index (χ1n) is 12.4. The predicted molar refractivity (Wildman–Crippen MR) is 137 cm³/mol. The van der Waals surface area contributed by atoms with Crippen molar-refractivity contribution in [2.75, 3.05) is 58.3 Å². The van der Waals surface area contributed by atoms with Crippen molar-refractivity contribution in [2.24, 2.45) is 0 Å². The number of unbranched alkanes of at least 4 members (excludes halogenated alkanes) is 2. The van der Waals surface area contributed by atoms with Gasteiger partial charge in [0.2, 0.25) is 0 Å². The molecule has 1 aliphatic rings. The lowest BCUT2D eigenvalue weighted by Crippen LogP contribution is -2.48. The molecule has 0 bridgehead atoms. The third-order valence-corrected chi connectivity index (χ3v) is 6.71. The maximum Gasteiger partial charge on any atom is 0.119 e. The lowest BCUT2D eigenvalue weighted by molar-refractivity contribution is 0.0817. The van der Waals surface area contributed by atoms with Gasteiger partial charge in [-0.1, -0.05) is 38.3 Å². The SMILES string of the molecule is CCCCCC(c1ccc(C#N)c(C)c1)N1CCN(CCOc2ccc(N(C)C)cc2)CC1. The van der Waals surface area contributed by atoms with Crippen LogP contribution < -0.4 is 9.64 Å². The molecule has 0 spiro atoms. The fraction of sp³-hybridized carbons (Fsp3) is 0.536. The number of nitrogens with zero attached hydrogens (tertiary/aromatic N) is 4. The van der Waals surface area contributed by atoms with Gasteiger partial charge in [-0.2, -0.15) is 5.26 Å². The van der Waals surface area contributed by atoms with Crippen LogP contribution in [0.15, 0.2) is 42.5 Å². The van der Waals surface area contributed by atoms with E-state index in [9.17, 15) is 5.26 Å². The summed E-state index contributed by atoms with van der Waals surface area (Å²) in [6.07, 6.45) is 4.95. The molecule has 178 valence electrons. The van der Waals surface area contributed by atoms with Crippen molar-refractivity contribution in [3.8, 4) is 11.8 Å². The summed E-state index contributed by atoms with van der Waals surface area (Å²) >= 11 is 0. The van der Waals surface area contributed by atoms with Crippen molar-refractivity contribution in [3.05, 3.63) is 59.2 Å². The van der Waals surface area contributed by atoms with E-state index in [2.05, 4.69) is 58.9 Å².